The van der Waals surface area contributed by atoms with E-state index < -0.39 is 5.97 Å². The van der Waals surface area contributed by atoms with Gasteiger partial charge in [0.25, 0.3) is 0 Å². The van der Waals surface area contributed by atoms with Crippen molar-refractivity contribution < 1.29 is 14.7 Å². The van der Waals surface area contributed by atoms with Crippen molar-refractivity contribution in [3.05, 3.63) is 0 Å². The van der Waals surface area contributed by atoms with Crippen LogP contribution in [0.5, 0.6) is 0 Å². The van der Waals surface area contributed by atoms with Crippen LogP contribution >= 0.6 is 0 Å². The van der Waals surface area contributed by atoms with Gasteiger partial charge in [0, 0.05) is 19.6 Å². The van der Waals surface area contributed by atoms with Gasteiger partial charge in [-0.05, 0) is 19.8 Å². The van der Waals surface area contributed by atoms with E-state index in [1.807, 2.05) is 27.7 Å². The third-order valence-corrected chi connectivity index (χ3v) is 2.14. The number of carboxylic acids is 1. The Morgan fingerprint density at radius 2 is 1.69 bits per heavy atom. The number of carbonyl (C=O) groups excluding carboxylic acids is 1. The molecule has 0 aromatic carbocycles. The summed E-state index contributed by atoms with van der Waals surface area (Å²) in [6.45, 7) is 8.02. The molecule has 0 saturated heterocycles. The summed E-state index contributed by atoms with van der Waals surface area (Å²) in [6.07, 6.45) is 0. The van der Waals surface area contributed by atoms with E-state index in [9.17, 15) is 9.59 Å². The van der Waals surface area contributed by atoms with Gasteiger partial charge in [0.05, 0.1) is 0 Å². The molecule has 0 fully saturated rings. The van der Waals surface area contributed by atoms with E-state index in [0.29, 0.717) is 12.5 Å². The molecule has 0 aromatic rings. The molecule has 0 aliphatic carbocycles. The highest BCUT2D eigenvalue weighted by Gasteiger charge is 2.23. The number of carboxylic acid groups (broad SMARTS) is 1. The van der Waals surface area contributed by atoms with Gasteiger partial charge in [0.15, 0.2) is 0 Å². The van der Waals surface area contributed by atoms with Crippen molar-refractivity contribution in [1.29, 1.82) is 0 Å². The van der Waals surface area contributed by atoms with Crippen LogP contribution in [0.3, 0.4) is 0 Å². The Labute approximate surface area is 97.0 Å². The van der Waals surface area contributed by atoms with Gasteiger partial charge >= 0.3 is 12.0 Å². The number of nitrogens with zero attached hydrogens (tertiary/aromatic N) is 2. The summed E-state index contributed by atoms with van der Waals surface area (Å²) in [4.78, 5) is 25.5. The molecule has 0 aliphatic rings. The van der Waals surface area contributed by atoms with Crippen LogP contribution in [0.4, 0.5) is 4.79 Å². The average Bonchev–Trinajstić information content (AvgIpc) is 2.11. The lowest BCUT2D eigenvalue weighted by molar-refractivity contribution is -0.138. The van der Waals surface area contributed by atoms with Crippen molar-refractivity contribution in [3.63, 3.8) is 0 Å². The van der Waals surface area contributed by atoms with Gasteiger partial charge in [0.1, 0.15) is 6.54 Å². The second-order valence-corrected chi connectivity index (χ2v) is 4.67. The van der Waals surface area contributed by atoms with Crippen molar-refractivity contribution >= 4 is 12.0 Å². The van der Waals surface area contributed by atoms with E-state index in [4.69, 9.17) is 5.11 Å². The van der Waals surface area contributed by atoms with Gasteiger partial charge < -0.3 is 14.9 Å². The van der Waals surface area contributed by atoms with Crippen LogP contribution in [0.1, 0.15) is 27.7 Å². The molecule has 2 amide bonds. The van der Waals surface area contributed by atoms with Crippen molar-refractivity contribution in [2.24, 2.45) is 5.92 Å². The molecule has 1 N–H and O–H groups in total. The standard InChI is InChI=1S/C11H22N2O3/c1-8(2)6-12(5)11(16)13(9(3)4)7-10(14)15/h8-9H,6-7H2,1-5H3,(H,14,15). The van der Waals surface area contributed by atoms with Gasteiger partial charge in [-0.15, -0.1) is 0 Å². The highest BCUT2D eigenvalue weighted by atomic mass is 16.4. The maximum atomic E-state index is 11.9. The molecule has 0 aromatic heterocycles. The summed E-state index contributed by atoms with van der Waals surface area (Å²) in [5.41, 5.74) is 0. The monoisotopic (exact) mass is 230 g/mol. The maximum absolute atomic E-state index is 11.9. The van der Waals surface area contributed by atoms with Gasteiger partial charge in [-0.2, -0.15) is 0 Å². The lowest BCUT2D eigenvalue weighted by atomic mass is 10.2. The lowest BCUT2D eigenvalue weighted by Crippen LogP contribution is -2.48. The first-order chi connectivity index (χ1) is 7.25. The van der Waals surface area contributed by atoms with Gasteiger partial charge in [-0.1, -0.05) is 13.8 Å². The van der Waals surface area contributed by atoms with E-state index in [1.165, 1.54) is 4.90 Å². The minimum absolute atomic E-state index is 0.113. The number of hydrogen-bond donors (Lipinski definition) is 1. The molecule has 0 saturated carbocycles. The van der Waals surface area contributed by atoms with Crippen LogP contribution in [0.25, 0.3) is 0 Å². The van der Waals surface area contributed by atoms with Crippen LogP contribution in [0.2, 0.25) is 0 Å². The predicted octanol–water partition coefficient (Wildman–Crippen LogP) is 1.49. The minimum atomic E-state index is -0.986. The number of hydrogen-bond acceptors (Lipinski definition) is 2. The van der Waals surface area contributed by atoms with Crippen LogP contribution in [0, 0.1) is 5.92 Å². The average molecular weight is 230 g/mol. The van der Waals surface area contributed by atoms with Gasteiger partial charge in [0.2, 0.25) is 0 Å². The molecule has 0 aliphatic heterocycles. The summed E-state index contributed by atoms with van der Waals surface area (Å²) in [7, 11) is 1.69. The Hall–Kier alpha value is -1.26. The number of rotatable bonds is 5. The Balaban J connectivity index is 4.54. The van der Waals surface area contributed by atoms with Gasteiger partial charge in [-0.3, -0.25) is 4.79 Å². The Morgan fingerprint density at radius 1 is 1.19 bits per heavy atom. The van der Waals surface area contributed by atoms with Gasteiger partial charge in [-0.25, -0.2) is 4.79 Å². The molecule has 94 valence electrons. The van der Waals surface area contributed by atoms with E-state index >= 15 is 0 Å². The molecule has 0 heterocycles. The molecule has 0 bridgehead atoms. The first-order valence-electron chi connectivity index (χ1n) is 5.49. The van der Waals surface area contributed by atoms with E-state index in [2.05, 4.69) is 0 Å². The molecule has 0 unspecified atom stereocenters. The normalized spacial score (nSPS) is 10.7. The number of urea groups is 1. The van der Waals surface area contributed by atoms with E-state index in [-0.39, 0.29) is 18.6 Å². The maximum Gasteiger partial charge on any atom is 0.323 e. The summed E-state index contributed by atoms with van der Waals surface area (Å²) in [5, 5.41) is 8.73. The highest BCUT2D eigenvalue weighted by Crippen LogP contribution is 2.05. The fraction of sp³-hybridized carbons (Fsp3) is 0.818. The third-order valence-electron chi connectivity index (χ3n) is 2.14. The van der Waals surface area contributed by atoms with Crippen molar-refractivity contribution in [2.45, 2.75) is 33.7 Å². The second-order valence-electron chi connectivity index (χ2n) is 4.67. The Morgan fingerprint density at radius 3 is 2.00 bits per heavy atom. The minimum Gasteiger partial charge on any atom is -0.480 e. The fourth-order valence-electron chi connectivity index (χ4n) is 1.46. The number of amides is 2. The zero-order valence-corrected chi connectivity index (χ0v) is 10.7. The Bertz CT molecular complexity index is 252. The molecular weight excluding hydrogens is 208 g/mol. The highest BCUT2D eigenvalue weighted by molar-refractivity contribution is 5.80. The molecule has 0 radical (unpaired) electrons. The van der Waals surface area contributed by atoms with Crippen LogP contribution < -0.4 is 0 Å². The SMILES string of the molecule is CC(C)CN(C)C(=O)N(CC(=O)O)C(C)C. The van der Waals surface area contributed by atoms with Crippen molar-refractivity contribution in [2.75, 3.05) is 20.1 Å². The molecule has 5 heteroatoms. The summed E-state index contributed by atoms with van der Waals surface area (Å²) < 4.78 is 0. The smallest absolute Gasteiger partial charge is 0.323 e. The topological polar surface area (TPSA) is 60.9 Å². The van der Waals surface area contributed by atoms with Crippen molar-refractivity contribution in [1.82, 2.24) is 9.80 Å². The van der Waals surface area contributed by atoms with E-state index in [0.717, 1.165) is 0 Å². The zero-order valence-electron chi connectivity index (χ0n) is 10.7. The fourth-order valence-corrected chi connectivity index (χ4v) is 1.46. The Kier molecular flexibility index (Phi) is 5.85. The summed E-state index contributed by atoms with van der Waals surface area (Å²) in [6, 6.07) is -0.343. The first-order valence-corrected chi connectivity index (χ1v) is 5.49. The van der Waals surface area contributed by atoms with Crippen LogP contribution in [-0.4, -0.2) is 53.1 Å². The summed E-state index contributed by atoms with van der Waals surface area (Å²) >= 11 is 0. The molecular formula is C11H22N2O3. The zero-order chi connectivity index (χ0) is 12.9. The second kappa shape index (κ2) is 6.35. The lowest BCUT2D eigenvalue weighted by Gasteiger charge is -2.30. The van der Waals surface area contributed by atoms with Crippen LogP contribution in [0.15, 0.2) is 0 Å². The quantitative estimate of drug-likeness (QED) is 0.778. The summed E-state index contributed by atoms with van der Waals surface area (Å²) in [5.74, 6) is -0.618. The first kappa shape index (κ1) is 14.7. The van der Waals surface area contributed by atoms with Crippen LogP contribution in [-0.2, 0) is 4.79 Å². The molecule has 0 rings (SSSR count). The van der Waals surface area contributed by atoms with Crippen molar-refractivity contribution in [3.8, 4) is 0 Å². The molecule has 0 atom stereocenters. The molecule has 16 heavy (non-hydrogen) atoms. The largest absolute Gasteiger partial charge is 0.480 e. The number of carbonyl (C=O) groups is 2. The molecule has 0 spiro atoms. The predicted molar refractivity (Wildman–Crippen MR) is 62.3 cm³/mol. The third kappa shape index (κ3) is 5.00. The molecule has 5 nitrogen and oxygen atoms in total. The number of aliphatic carboxylic acids is 1. The van der Waals surface area contributed by atoms with E-state index in [1.54, 1.807) is 11.9 Å².